The second-order valence-electron chi connectivity index (χ2n) is 7.15. The van der Waals surface area contributed by atoms with Crippen molar-refractivity contribution in [3.63, 3.8) is 0 Å². The molecule has 1 aliphatic carbocycles. The third-order valence-electron chi connectivity index (χ3n) is 4.86. The van der Waals surface area contributed by atoms with Crippen LogP contribution in [-0.2, 0) is 19.9 Å². The molecule has 3 aromatic rings. The normalized spacial score (nSPS) is 14.9. The molecule has 2 aromatic carbocycles. The number of hydrogen-bond acceptors (Lipinski definition) is 7. The first-order chi connectivity index (χ1) is 14.1. The molecule has 8 nitrogen and oxygen atoms in total. The molecule has 0 bridgehead atoms. The van der Waals surface area contributed by atoms with E-state index in [9.17, 15) is 21.6 Å². The summed E-state index contributed by atoms with van der Waals surface area (Å²) in [5.41, 5.74) is 0.867. The fourth-order valence-corrected chi connectivity index (χ4v) is 5.98. The molecule has 1 N–H and O–H groups in total. The minimum atomic E-state index is -3.57. The second-order valence-corrected chi connectivity index (χ2v) is 12.2. The van der Waals surface area contributed by atoms with Crippen LogP contribution in [0.2, 0.25) is 0 Å². The molecule has 0 unspecified atom stereocenters. The van der Waals surface area contributed by atoms with Gasteiger partial charge < -0.3 is 0 Å². The third kappa shape index (κ3) is 4.10. The van der Waals surface area contributed by atoms with E-state index in [1.165, 1.54) is 40.7 Å². The maximum atomic E-state index is 12.6. The predicted molar refractivity (Wildman–Crippen MR) is 115 cm³/mol. The van der Waals surface area contributed by atoms with E-state index in [2.05, 4.69) is 10.3 Å². The molecule has 1 aliphatic rings. The van der Waals surface area contributed by atoms with E-state index < -0.39 is 25.8 Å². The first-order valence-corrected chi connectivity index (χ1v) is 13.2. The van der Waals surface area contributed by atoms with E-state index >= 15 is 0 Å². The average molecular weight is 466 g/mol. The SMILES string of the molecule is CN(C1CC1)S(=O)(=O)c1ccc(C(=O)Nc2nc3ccc(S(C)(=O)=O)cc3s2)cc1. The molecular weight excluding hydrogens is 446 g/mol. The number of thiazole rings is 1. The van der Waals surface area contributed by atoms with Crippen molar-refractivity contribution in [3.05, 3.63) is 48.0 Å². The Hall–Kier alpha value is -2.34. The highest BCUT2D eigenvalue weighted by Crippen LogP contribution is 2.31. The first-order valence-electron chi connectivity index (χ1n) is 9.06. The largest absolute Gasteiger partial charge is 0.298 e. The molecule has 1 fully saturated rings. The Kier molecular flexibility index (Phi) is 5.17. The van der Waals surface area contributed by atoms with Crippen molar-refractivity contribution in [3.8, 4) is 0 Å². The molecule has 1 amide bonds. The van der Waals surface area contributed by atoms with Crippen LogP contribution in [0, 0.1) is 0 Å². The minimum absolute atomic E-state index is 0.0558. The van der Waals surface area contributed by atoms with Crippen LogP contribution in [0.1, 0.15) is 23.2 Å². The highest BCUT2D eigenvalue weighted by atomic mass is 32.2. The molecular formula is C19H19N3O5S3. The number of sulfone groups is 1. The smallest absolute Gasteiger partial charge is 0.257 e. The number of aromatic nitrogens is 1. The van der Waals surface area contributed by atoms with Crippen molar-refractivity contribution in [2.45, 2.75) is 28.7 Å². The topological polar surface area (TPSA) is 114 Å². The van der Waals surface area contributed by atoms with Crippen LogP contribution in [0.15, 0.2) is 52.3 Å². The third-order valence-corrected chi connectivity index (χ3v) is 8.83. The maximum Gasteiger partial charge on any atom is 0.257 e. The number of nitrogens with zero attached hydrogens (tertiary/aromatic N) is 2. The van der Waals surface area contributed by atoms with Crippen LogP contribution in [0.25, 0.3) is 10.2 Å². The zero-order valence-electron chi connectivity index (χ0n) is 16.2. The van der Waals surface area contributed by atoms with Crippen LogP contribution >= 0.6 is 11.3 Å². The summed E-state index contributed by atoms with van der Waals surface area (Å²) in [6.45, 7) is 0. The number of anilines is 1. The molecule has 1 saturated carbocycles. The monoisotopic (exact) mass is 465 g/mol. The molecule has 4 rings (SSSR count). The molecule has 1 aromatic heterocycles. The summed E-state index contributed by atoms with van der Waals surface area (Å²) in [6, 6.07) is 10.4. The Morgan fingerprint density at radius 2 is 1.70 bits per heavy atom. The Balaban J connectivity index is 1.52. The highest BCUT2D eigenvalue weighted by Gasteiger charge is 2.35. The minimum Gasteiger partial charge on any atom is -0.298 e. The van der Waals surface area contributed by atoms with E-state index in [0.717, 1.165) is 30.4 Å². The van der Waals surface area contributed by atoms with E-state index in [1.807, 2.05) is 0 Å². The van der Waals surface area contributed by atoms with Gasteiger partial charge >= 0.3 is 0 Å². The van der Waals surface area contributed by atoms with Crippen molar-refractivity contribution in [1.29, 1.82) is 0 Å². The zero-order valence-corrected chi connectivity index (χ0v) is 18.6. The summed E-state index contributed by atoms with van der Waals surface area (Å²) in [7, 11) is -5.34. The standard InChI is InChI=1S/C19H19N3O5S3/c1-22(13-5-6-13)30(26,27)14-7-3-12(4-8-14)18(23)21-19-20-16-10-9-15(29(2,24)25)11-17(16)28-19/h3-4,7-11,13H,5-6H2,1-2H3,(H,20,21,23). The fraction of sp³-hybridized carbons (Fsp3) is 0.263. The Morgan fingerprint density at radius 1 is 1.07 bits per heavy atom. The van der Waals surface area contributed by atoms with E-state index in [-0.39, 0.29) is 15.8 Å². The van der Waals surface area contributed by atoms with Crippen molar-refractivity contribution >= 4 is 52.5 Å². The van der Waals surface area contributed by atoms with Gasteiger partial charge in [-0.3, -0.25) is 10.1 Å². The van der Waals surface area contributed by atoms with Gasteiger partial charge in [-0.25, -0.2) is 21.8 Å². The van der Waals surface area contributed by atoms with Gasteiger partial charge in [0.2, 0.25) is 10.0 Å². The maximum absolute atomic E-state index is 12.6. The summed E-state index contributed by atoms with van der Waals surface area (Å²) in [4.78, 5) is 17.2. The number of fused-ring (bicyclic) bond motifs is 1. The summed E-state index contributed by atoms with van der Waals surface area (Å²) < 4.78 is 50.5. The van der Waals surface area contributed by atoms with Gasteiger partial charge in [-0.1, -0.05) is 11.3 Å². The van der Waals surface area contributed by atoms with Crippen molar-refractivity contribution in [1.82, 2.24) is 9.29 Å². The fourth-order valence-electron chi connectivity index (χ4n) is 2.94. The van der Waals surface area contributed by atoms with Crippen LogP contribution in [0.3, 0.4) is 0 Å². The first kappa shape index (κ1) is 20.9. The molecule has 0 saturated heterocycles. The molecule has 0 atom stereocenters. The van der Waals surface area contributed by atoms with Crippen LogP contribution < -0.4 is 5.32 Å². The van der Waals surface area contributed by atoms with Gasteiger partial charge in [0.25, 0.3) is 5.91 Å². The molecule has 0 aliphatic heterocycles. The van der Waals surface area contributed by atoms with Gasteiger partial charge in [-0.2, -0.15) is 4.31 Å². The number of carbonyl (C=O) groups is 1. The second kappa shape index (κ2) is 7.41. The van der Waals surface area contributed by atoms with E-state index in [1.54, 1.807) is 13.1 Å². The van der Waals surface area contributed by atoms with Gasteiger partial charge in [-0.15, -0.1) is 0 Å². The van der Waals surface area contributed by atoms with Crippen LogP contribution in [0.5, 0.6) is 0 Å². The molecule has 158 valence electrons. The Bertz CT molecular complexity index is 1340. The molecule has 1 heterocycles. The van der Waals surface area contributed by atoms with Crippen molar-refractivity contribution in [2.75, 3.05) is 18.6 Å². The molecule has 0 spiro atoms. The average Bonchev–Trinajstić information content (AvgIpc) is 3.46. The molecule has 30 heavy (non-hydrogen) atoms. The molecule has 0 radical (unpaired) electrons. The van der Waals surface area contributed by atoms with Crippen LogP contribution in [0.4, 0.5) is 5.13 Å². The highest BCUT2D eigenvalue weighted by molar-refractivity contribution is 7.90. The lowest BCUT2D eigenvalue weighted by Gasteiger charge is -2.16. The van der Waals surface area contributed by atoms with Gasteiger partial charge in [0, 0.05) is 24.9 Å². The number of hydrogen-bond donors (Lipinski definition) is 1. The van der Waals surface area contributed by atoms with E-state index in [0.29, 0.717) is 20.9 Å². The lowest BCUT2D eigenvalue weighted by atomic mass is 10.2. The number of amides is 1. The summed E-state index contributed by atoms with van der Waals surface area (Å²) in [6.07, 6.45) is 2.86. The zero-order chi connectivity index (χ0) is 21.7. The lowest BCUT2D eigenvalue weighted by molar-refractivity contribution is 0.102. The quantitative estimate of drug-likeness (QED) is 0.599. The number of nitrogens with one attached hydrogen (secondary N) is 1. The van der Waals surface area contributed by atoms with E-state index in [4.69, 9.17) is 0 Å². The van der Waals surface area contributed by atoms with Crippen molar-refractivity contribution in [2.24, 2.45) is 0 Å². The van der Waals surface area contributed by atoms with Gasteiger partial charge in [0.15, 0.2) is 15.0 Å². The van der Waals surface area contributed by atoms with Crippen molar-refractivity contribution < 1.29 is 21.6 Å². The summed E-state index contributed by atoms with van der Waals surface area (Å²) in [5, 5.41) is 3.00. The number of rotatable bonds is 6. The number of sulfonamides is 1. The Labute approximate surface area is 178 Å². The van der Waals surface area contributed by atoms with Gasteiger partial charge in [0.1, 0.15) is 0 Å². The predicted octanol–water partition coefficient (Wildman–Crippen LogP) is 2.74. The molecule has 11 heteroatoms. The number of carbonyl (C=O) groups excluding carboxylic acids is 1. The summed E-state index contributed by atoms with van der Waals surface area (Å²) in [5.74, 6) is -0.433. The lowest BCUT2D eigenvalue weighted by Crippen LogP contribution is -2.29. The van der Waals surface area contributed by atoms with Crippen LogP contribution in [-0.4, -0.2) is 51.4 Å². The summed E-state index contributed by atoms with van der Waals surface area (Å²) >= 11 is 1.16. The number of benzene rings is 2. The Morgan fingerprint density at radius 3 is 2.30 bits per heavy atom. The van der Waals surface area contributed by atoms with Gasteiger partial charge in [0.05, 0.1) is 20.0 Å². The van der Waals surface area contributed by atoms with Gasteiger partial charge in [-0.05, 0) is 55.3 Å².